The van der Waals surface area contributed by atoms with Gasteiger partial charge in [0.2, 0.25) is 0 Å². The molecule has 0 heterocycles. The van der Waals surface area contributed by atoms with Crippen molar-refractivity contribution in [1.82, 2.24) is 10.6 Å². The summed E-state index contributed by atoms with van der Waals surface area (Å²) in [6.45, 7) is 4.98. The molecule has 0 aromatic heterocycles. The lowest BCUT2D eigenvalue weighted by Gasteiger charge is -2.25. The third-order valence-corrected chi connectivity index (χ3v) is 3.80. The maximum Gasteiger partial charge on any atom is 0.251 e. The number of nitrogens with one attached hydrogen (secondary N) is 2. The number of hydrogen-bond acceptors (Lipinski definition) is 3. The van der Waals surface area contributed by atoms with Crippen molar-refractivity contribution in [2.75, 3.05) is 20.1 Å². The number of likely N-dealkylation sites (N-methyl/N-ethyl adjacent to an activating group) is 1. The lowest BCUT2D eigenvalue weighted by molar-refractivity contribution is 0.0314. The standard InChI is InChI=1S/C16H26N2O2/c1-4-16(20,5-2)12-18-15(19)14-9-7-6-8-13(14)10-11-17-3/h6-9,17,20H,4-5,10-12H2,1-3H3,(H,18,19). The van der Waals surface area contributed by atoms with Crippen LogP contribution in [0.2, 0.25) is 0 Å². The van der Waals surface area contributed by atoms with Gasteiger partial charge in [0, 0.05) is 12.1 Å². The predicted octanol–water partition coefficient (Wildman–Crippen LogP) is 1.73. The van der Waals surface area contributed by atoms with Crippen molar-refractivity contribution in [2.45, 2.75) is 38.7 Å². The molecule has 0 aliphatic rings. The van der Waals surface area contributed by atoms with Crippen molar-refractivity contribution in [3.8, 4) is 0 Å². The summed E-state index contributed by atoms with van der Waals surface area (Å²) in [6.07, 6.45) is 2.07. The molecule has 3 N–H and O–H groups in total. The van der Waals surface area contributed by atoms with Crippen LogP contribution < -0.4 is 10.6 Å². The van der Waals surface area contributed by atoms with E-state index in [0.29, 0.717) is 24.9 Å². The summed E-state index contributed by atoms with van der Waals surface area (Å²) in [5, 5.41) is 16.1. The van der Waals surface area contributed by atoms with Gasteiger partial charge in [-0.2, -0.15) is 0 Å². The van der Waals surface area contributed by atoms with E-state index in [0.717, 1.165) is 18.5 Å². The fraction of sp³-hybridized carbons (Fsp3) is 0.562. The van der Waals surface area contributed by atoms with Gasteiger partial charge < -0.3 is 15.7 Å². The summed E-state index contributed by atoms with van der Waals surface area (Å²) < 4.78 is 0. The van der Waals surface area contributed by atoms with Crippen LogP contribution in [0.1, 0.15) is 42.6 Å². The van der Waals surface area contributed by atoms with Gasteiger partial charge in [-0.3, -0.25) is 4.79 Å². The fourth-order valence-corrected chi connectivity index (χ4v) is 2.06. The van der Waals surface area contributed by atoms with Crippen LogP contribution in [0.25, 0.3) is 0 Å². The average molecular weight is 278 g/mol. The number of rotatable bonds is 8. The molecule has 112 valence electrons. The Labute approximate surface area is 121 Å². The summed E-state index contributed by atoms with van der Waals surface area (Å²) in [5.41, 5.74) is 0.906. The first kappa shape index (κ1) is 16.7. The molecule has 0 saturated carbocycles. The Morgan fingerprint density at radius 3 is 2.50 bits per heavy atom. The first-order chi connectivity index (χ1) is 9.56. The Morgan fingerprint density at radius 2 is 1.90 bits per heavy atom. The quantitative estimate of drug-likeness (QED) is 0.678. The molecule has 0 spiro atoms. The van der Waals surface area contributed by atoms with Crippen molar-refractivity contribution in [3.63, 3.8) is 0 Å². The van der Waals surface area contributed by atoms with E-state index < -0.39 is 5.60 Å². The fourth-order valence-electron chi connectivity index (χ4n) is 2.06. The summed E-state index contributed by atoms with van der Waals surface area (Å²) in [5.74, 6) is -0.114. The summed E-state index contributed by atoms with van der Waals surface area (Å²) in [7, 11) is 1.89. The van der Waals surface area contributed by atoms with E-state index in [1.54, 1.807) is 0 Å². The van der Waals surface area contributed by atoms with E-state index in [9.17, 15) is 9.90 Å². The first-order valence-electron chi connectivity index (χ1n) is 7.29. The molecular weight excluding hydrogens is 252 g/mol. The molecular formula is C16H26N2O2. The maximum absolute atomic E-state index is 12.3. The van der Waals surface area contributed by atoms with Crippen molar-refractivity contribution in [2.24, 2.45) is 0 Å². The van der Waals surface area contributed by atoms with Gasteiger partial charge in [-0.05, 0) is 44.5 Å². The van der Waals surface area contributed by atoms with E-state index in [2.05, 4.69) is 10.6 Å². The van der Waals surface area contributed by atoms with Gasteiger partial charge >= 0.3 is 0 Å². The lowest BCUT2D eigenvalue weighted by Crippen LogP contribution is -2.42. The molecule has 1 aromatic carbocycles. The topological polar surface area (TPSA) is 61.4 Å². The van der Waals surface area contributed by atoms with Crippen LogP contribution in [-0.4, -0.2) is 36.8 Å². The Bertz CT molecular complexity index is 428. The number of carbonyl (C=O) groups excluding carboxylic acids is 1. The molecule has 1 rings (SSSR count). The number of aliphatic hydroxyl groups is 1. The van der Waals surface area contributed by atoms with Gasteiger partial charge in [0.1, 0.15) is 0 Å². The van der Waals surface area contributed by atoms with E-state index >= 15 is 0 Å². The first-order valence-corrected chi connectivity index (χ1v) is 7.29. The second-order valence-electron chi connectivity index (χ2n) is 5.12. The highest BCUT2D eigenvalue weighted by Gasteiger charge is 2.23. The lowest BCUT2D eigenvalue weighted by atomic mass is 9.97. The molecule has 4 nitrogen and oxygen atoms in total. The van der Waals surface area contributed by atoms with Gasteiger partial charge in [0.05, 0.1) is 5.60 Å². The zero-order valence-corrected chi connectivity index (χ0v) is 12.7. The van der Waals surface area contributed by atoms with Crippen LogP contribution >= 0.6 is 0 Å². The average Bonchev–Trinajstić information content (AvgIpc) is 2.50. The van der Waals surface area contributed by atoms with Gasteiger partial charge in [0.15, 0.2) is 0 Å². The maximum atomic E-state index is 12.3. The molecule has 0 atom stereocenters. The molecule has 0 aliphatic heterocycles. The third-order valence-electron chi connectivity index (χ3n) is 3.80. The molecule has 0 aliphatic carbocycles. The zero-order valence-electron chi connectivity index (χ0n) is 12.7. The molecule has 0 radical (unpaired) electrons. The molecule has 1 amide bonds. The van der Waals surface area contributed by atoms with Crippen LogP contribution in [0.4, 0.5) is 0 Å². The smallest absolute Gasteiger partial charge is 0.251 e. The van der Waals surface area contributed by atoms with Crippen LogP contribution in [0.15, 0.2) is 24.3 Å². The van der Waals surface area contributed by atoms with Crippen LogP contribution in [0.3, 0.4) is 0 Å². The molecule has 0 fully saturated rings. The number of hydrogen-bond donors (Lipinski definition) is 3. The van der Waals surface area contributed by atoms with Gasteiger partial charge in [-0.25, -0.2) is 0 Å². The summed E-state index contributed by atoms with van der Waals surface area (Å²) in [6, 6.07) is 7.61. The molecule has 0 saturated heterocycles. The Balaban J connectivity index is 2.72. The molecule has 0 bridgehead atoms. The molecule has 1 aromatic rings. The van der Waals surface area contributed by atoms with E-state index in [1.807, 2.05) is 45.2 Å². The van der Waals surface area contributed by atoms with E-state index in [-0.39, 0.29) is 5.91 Å². The van der Waals surface area contributed by atoms with Crippen LogP contribution in [-0.2, 0) is 6.42 Å². The van der Waals surface area contributed by atoms with Crippen molar-refractivity contribution >= 4 is 5.91 Å². The number of carbonyl (C=O) groups is 1. The highest BCUT2D eigenvalue weighted by molar-refractivity contribution is 5.95. The normalized spacial score (nSPS) is 11.4. The van der Waals surface area contributed by atoms with E-state index in [4.69, 9.17) is 0 Å². The minimum absolute atomic E-state index is 0.114. The van der Waals surface area contributed by atoms with Crippen LogP contribution in [0, 0.1) is 0 Å². The zero-order chi connectivity index (χ0) is 15.0. The van der Waals surface area contributed by atoms with E-state index in [1.165, 1.54) is 0 Å². The third kappa shape index (κ3) is 4.62. The number of amides is 1. The highest BCUT2D eigenvalue weighted by Crippen LogP contribution is 2.14. The summed E-state index contributed by atoms with van der Waals surface area (Å²) >= 11 is 0. The number of benzene rings is 1. The van der Waals surface area contributed by atoms with Crippen molar-refractivity contribution < 1.29 is 9.90 Å². The largest absolute Gasteiger partial charge is 0.388 e. The minimum Gasteiger partial charge on any atom is -0.388 e. The van der Waals surface area contributed by atoms with Crippen LogP contribution in [0.5, 0.6) is 0 Å². The van der Waals surface area contributed by atoms with Gasteiger partial charge in [0.25, 0.3) is 5.91 Å². The van der Waals surface area contributed by atoms with Gasteiger partial charge in [-0.1, -0.05) is 32.0 Å². The molecule has 0 unspecified atom stereocenters. The molecule has 4 heteroatoms. The Kier molecular flexibility index (Phi) is 6.68. The Morgan fingerprint density at radius 1 is 1.25 bits per heavy atom. The van der Waals surface area contributed by atoms with Crippen molar-refractivity contribution in [1.29, 1.82) is 0 Å². The van der Waals surface area contributed by atoms with Crippen molar-refractivity contribution in [3.05, 3.63) is 35.4 Å². The monoisotopic (exact) mass is 278 g/mol. The highest BCUT2D eigenvalue weighted by atomic mass is 16.3. The van der Waals surface area contributed by atoms with Gasteiger partial charge in [-0.15, -0.1) is 0 Å². The Hall–Kier alpha value is -1.39. The summed E-state index contributed by atoms with van der Waals surface area (Å²) in [4.78, 5) is 12.3. The second-order valence-corrected chi connectivity index (χ2v) is 5.12. The predicted molar refractivity (Wildman–Crippen MR) is 81.9 cm³/mol. The molecule has 20 heavy (non-hydrogen) atoms. The SMILES string of the molecule is CCC(O)(CC)CNC(=O)c1ccccc1CCNC. The second kappa shape index (κ2) is 8.02. The minimum atomic E-state index is -0.810.